The SMILES string of the molecule is Clc1nc(-c2ccco2)nc(Cl)c1C1CCCC1. The van der Waals surface area contributed by atoms with E-state index < -0.39 is 0 Å². The second kappa shape index (κ2) is 4.90. The van der Waals surface area contributed by atoms with Gasteiger partial charge in [-0.2, -0.15) is 0 Å². The van der Waals surface area contributed by atoms with Crippen LogP contribution in [0.25, 0.3) is 11.6 Å². The molecule has 0 N–H and O–H groups in total. The Morgan fingerprint density at radius 3 is 2.33 bits per heavy atom. The van der Waals surface area contributed by atoms with Crippen molar-refractivity contribution in [2.75, 3.05) is 0 Å². The van der Waals surface area contributed by atoms with Crippen LogP contribution >= 0.6 is 23.2 Å². The molecule has 2 aromatic rings. The fourth-order valence-corrected chi connectivity index (χ4v) is 3.18. The van der Waals surface area contributed by atoms with Crippen LogP contribution in [0.3, 0.4) is 0 Å². The van der Waals surface area contributed by atoms with E-state index in [1.165, 1.54) is 12.8 Å². The number of rotatable bonds is 2. The average molecular weight is 283 g/mol. The molecule has 0 amide bonds. The van der Waals surface area contributed by atoms with Crippen LogP contribution in [0.4, 0.5) is 0 Å². The minimum atomic E-state index is 0.399. The molecule has 0 radical (unpaired) electrons. The third-order valence-electron chi connectivity index (χ3n) is 3.36. The van der Waals surface area contributed by atoms with E-state index in [0.717, 1.165) is 18.4 Å². The molecule has 18 heavy (non-hydrogen) atoms. The summed E-state index contributed by atoms with van der Waals surface area (Å²) >= 11 is 12.5. The van der Waals surface area contributed by atoms with Crippen LogP contribution < -0.4 is 0 Å². The van der Waals surface area contributed by atoms with Crippen molar-refractivity contribution >= 4 is 23.2 Å². The molecule has 3 nitrogen and oxygen atoms in total. The fraction of sp³-hybridized carbons (Fsp3) is 0.385. The van der Waals surface area contributed by atoms with Gasteiger partial charge in [0.25, 0.3) is 0 Å². The highest BCUT2D eigenvalue weighted by molar-refractivity contribution is 6.34. The fourth-order valence-electron chi connectivity index (χ4n) is 2.48. The molecule has 2 heterocycles. The number of halogens is 2. The quantitative estimate of drug-likeness (QED) is 0.750. The van der Waals surface area contributed by atoms with Gasteiger partial charge >= 0.3 is 0 Å². The van der Waals surface area contributed by atoms with Crippen LogP contribution in [0.2, 0.25) is 10.3 Å². The first-order valence-corrected chi connectivity index (χ1v) is 6.78. The zero-order valence-corrected chi connectivity index (χ0v) is 11.2. The molecular weight excluding hydrogens is 271 g/mol. The summed E-state index contributed by atoms with van der Waals surface area (Å²) in [7, 11) is 0. The Kier molecular flexibility index (Phi) is 3.27. The Morgan fingerprint density at radius 2 is 1.78 bits per heavy atom. The van der Waals surface area contributed by atoms with E-state index in [2.05, 4.69) is 9.97 Å². The van der Waals surface area contributed by atoms with E-state index in [0.29, 0.717) is 27.8 Å². The van der Waals surface area contributed by atoms with E-state index in [4.69, 9.17) is 27.6 Å². The Morgan fingerprint density at radius 1 is 1.11 bits per heavy atom. The first kappa shape index (κ1) is 12.0. The number of aromatic nitrogens is 2. The molecule has 1 saturated carbocycles. The lowest BCUT2D eigenvalue weighted by Gasteiger charge is -2.13. The largest absolute Gasteiger partial charge is 0.461 e. The maximum absolute atomic E-state index is 6.25. The lowest BCUT2D eigenvalue weighted by molar-refractivity contribution is 0.576. The summed E-state index contributed by atoms with van der Waals surface area (Å²) in [5.41, 5.74) is 0.895. The maximum atomic E-state index is 6.25. The van der Waals surface area contributed by atoms with Crippen molar-refractivity contribution in [3.8, 4) is 11.6 Å². The van der Waals surface area contributed by atoms with Crippen LogP contribution in [0.5, 0.6) is 0 Å². The second-order valence-corrected chi connectivity index (χ2v) is 5.22. The average Bonchev–Trinajstić information content (AvgIpc) is 3.01. The van der Waals surface area contributed by atoms with Gasteiger partial charge in [-0.25, -0.2) is 9.97 Å². The summed E-state index contributed by atoms with van der Waals surface area (Å²) in [4.78, 5) is 8.59. The molecule has 0 spiro atoms. The van der Waals surface area contributed by atoms with Crippen LogP contribution in [0.1, 0.15) is 37.2 Å². The van der Waals surface area contributed by atoms with Gasteiger partial charge in [0.2, 0.25) is 0 Å². The molecule has 0 atom stereocenters. The zero-order chi connectivity index (χ0) is 12.5. The monoisotopic (exact) mass is 282 g/mol. The van der Waals surface area contributed by atoms with Crippen LogP contribution in [-0.2, 0) is 0 Å². The van der Waals surface area contributed by atoms with Gasteiger partial charge in [-0.05, 0) is 30.9 Å². The molecule has 1 fully saturated rings. The number of hydrogen-bond acceptors (Lipinski definition) is 3. The molecule has 1 aliphatic carbocycles. The van der Waals surface area contributed by atoms with Crippen molar-refractivity contribution in [3.05, 3.63) is 34.3 Å². The standard InChI is InChI=1S/C13H12Cl2N2O/c14-11-10(8-4-1-2-5-8)12(15)17-13(16-11)9-6-3-7-18-9/h3,6-8H,1-2,4-5H2. The zero-order valence-electron chi connectivity index (χ0n) is 9.70. The smallest absolute Gasteiger partial charge is 0.198 e. The maximum Gasteiger partial charge on any atom is 0.198 e. The Balaban J connectivity index is 2.03. The highest BCUT2D eigenvalue weighted by Gasteiger charge is 2.25. The van der Waals surface area contributed by atoms with E-state index in [1.54, 1.807) is 18.4 Å². The van der Waals surface area contributed by atoms with Crippen LogP contribution in [0.15, 0.2) is 22.8 Å². The molecule has 3 rings (SSSR count). The van der Waals surface area contributed by atoms with Crippen LogP contribution in [0, 0.1) is 0 Å². The molecule has 0 aliphatic heterocycles. The third kappa shape index (κ3) is 2.13. The van der Waals surface area contributed by atoms with Gasteiger partial charge in [-0.3, -0.25) is 0 Å². The predicted octanol–water partition coefficient (Wildman–Crippen LogP) is 4.70. The minimum Gasteiger partial charge on any atom is -0.461 e. The summed E-state index contributed by atoms with van der Waals surface area (Å²) < 4.78 is 5.25. The first-order chi connectivity index (χ1) is 8.75. The van der Waals surface area contributed by atoms with E-state index in [-0.39, 0.29) is 0 Å². The van der Waals surface area contributed by atoms with Gasteiger partial charge in [-0.15, -0.1) is 0 Å². The van der Waals surface area contributed by atoms with Crippen molar-refractivity contribution < 1.29 is 4.42 Å². The third-order valence-corrected chi connectivity index (χ3v) is 3.93. The molecule has 5 heteroatoms. The van der Waals surface area contributed by atoms with Crippen molar-refractivity contribution in [3.63, 3.8) is 0 Å². The Labute approximate surface area is 115 Å². The molecule has 0 aromatic carbocycles. The highest BCUT2D eigenvalue weighted by Crippen LogP contribution is 2.40. The van der Waals surface area contributed by atoms with Crippen molar-refractivity contribution in [2.45, 2.75) is 31.6 Å². The number of furan rings is 1. The predicted molar refractivity (Wildman–Crippen MR) is 71.0 cm³/mol. The van der Waals surface area contributed by atoms with Crippen LogP contribution in [-0.4, -0.2) is 9.97 Å². The molecule has 0 unspecified atom stereocenters. The lowest BCUT2D eigenvalue weighted by atomic mass is 10.0. The normalized spacial score (nSPS) is 16.3. The number of nitrogens with zero attached hydrogens (tertiary/aromatic N) is 2. The van der Waals surface area contributed by atoms with E-state index in [1.807, 2.05) is 0 Å². The summed E-state index contributed by atoms with van der Waals surface area (Å²) in [6.45, 7) is 0. The molecule has 0 bridgehead atoms. The van der Waals surface area contributed by atoms with E-state index in [9.17, 15) is 0 Å². The molecule has 1 aliphatic rings. The summed E-state index contributed by atoms with van der Waals surface area (Å²) in [6, 6.07) is 3.57. The minimum absolute atomic E-state index is 0.399. The highest BCUT2D eigenvalue weighted by atomic mass is 35.5. The summed E-state index contributed by atoms with van der Waals surface area (Å²) in [6.07, 6.45) is 6.24. The van der Waals surface area contributed by atoms with Crippen molar-refractivity contribution in [1.82, 2.24) is 9.97 Å². The van der Waals surface area contributed by atoms with Gasteiger partial charge in [0.05, 0.1) is 6.26 Å². The molecule has 0 saturated heterocycles. The topological polar surface area (TPSA) is 38.9 Å². The molecule has 2 aromatic heterocycles. The summed E-state index contributed by atoms with van der Waals surface area (Å²) in [5, 5.41) is 0.904. The van der Waals surface area contributed by atoms with Gasteiger partial charge in [-0.1, -0.05) is 36.0 Å². The van der Waals surface area contributed by atoms with E-state index >= 15 is 0 Å². The lowest BCUT2D eigenvalue weighted by Crippen LogP contribution is -2.01. The Hall–Kier alpha value is -1.06. The van der Waals surface area contributed by atoms with Gasteiger partial charge < -0.3 is 4.42 Å². The van der Waals surface area contributed by atoms with Crippen molar-refractivity contribution in [2.24, 2.45) is 0 Å². The van der Waals surface area contributed by atoms with Crippen molar-refractivity contribution in [1.29, 1.82) is 0 Å². The first-order valence-electron chi connectivity index (χ1n) is 6.02. The number of hydrogen-bond donors (Lipinski definition) is 0. The second-order valence-electron chi connectivity index (χ2n) is 4.50. The molecule has 94 valence electrons. The summed E-state index contributed by atoms with van der Waals surface area (Å²) in [5.74, 6) is 1.42. The van der Waals surface area contributed by atoms with Gasteiger partial charge in [0.15, 0.2) is 11.6 Å². The van der Waals surface area contributed by atoms with Gasteiger partial charge in [0.1, 0.15) is 10.3 Å². The Bertz CT molecular complexity index is 525. The molecular formula is C13H12Cl2N2O. The van der Waals surface area contributed by atoms with Gasteiger partial charge in [0, 0.05) is 5.56 Å².